The van der Waals surface area contributed by atoms with E-state index in [1.54, 1.807) is 31.3 Å². The highest BCUT2D eigenvalue weighted by atomic mass is 32.2. The van der Waals surface area contributed by atoms with Gasteiger partial charge >= 0.3 is 0 Å². The van der Waals surface area contributed by atoms with Crippen LogP contribution >= 0.6 is 0 Å². The van der Waals surface area contributed by atoms with Gasteiger partial charge in [0.15, 0.2) is 0 Å². The molecule has 0 radical (unpaired) electrons. The summed E-state index contributed by atoms with van der Waals surface area (Å²) in [6.07, 6.45) is 3.07. The lowest BCUT2D eigenvalue weighted by Crippen LogP contribution is -2.29. The van der Waals surface area contributed by atoms with E-state index in [4.69, 9.17) is 0 Å². The molecule has 3 aromatic rings. The molecule has 1 aromatic carbocycles. The van der Waals surface area contributed by atoms with Crippen molar-refractivity contribution in [2.24, 2.45) is 0 Å². The van der Waals surface area contributed by atoms with Gasteiger partial charge < -0.3 is 16.0 Å². The van der Waals surface area contributed by atoms with Crippen molar-refractivity contribution in [1.29, 1.82) is 0 Å². The van der Waals surface area contributed by atoms with Crippen LogP contribution < -0.4 is 20.7 Å². The molecule has 0 bridgehead atoms. The van der Waals surface area contributed by atoms with Crippen LogP contribution in [0.15, 0.2) is 59.9 Å². The van der Waals surface area contributed by atoms with Crippen LogP contribution in [-0.2, 0) is 14.8 Å². The summed E-state index contributed by atoms with van der Waals surface area (Å²) in [6.45, 7) is 3.55. The highest BCUT2D eigenvalue weighted by molar-refractivity contribution is 7.89. The molecule has 0 saturated carbocycles. The largest absolute Gasteiger partial charge is 0.369 e. The quantitative estimate of drug-likeness (QED) is 0.371. The molecule has 4 N–H and O–H groups in total. The van der Waals surface area contributed by atoms with Crippen LogP contribution in [0.4, 0.5) is 23.1 Å². The van der Waals surface area contributed by atoms with E-state index < -0.39 is 10.0 Å². The summed E-state index contributed by atoms with van der Waals surface area (Å²) < 4.78 is 27.7. The molecule has 0 saturated heterocycles. The highest BCUT2D eigenvalue weighted by Crippen LogP contribution is 2.19. The number of rotatable bonds is 9. The number of hydrogen-bond donors (Lipinski definition) is 4. The number of carbonyl (C=O) groups excluding carboxylic acids is 1. The maximum absolute atomic E-state index is 12.6. The zero-order chi connectivity index (χ0) is 22.3. The summed E-state index contributed by atoms with van der Waals surface area (Å²) in [4.78, 5) is 23.7. The minimum Gasteiger partial charge on any atom is -0.369 e. The van der Waals surface area contributed by atoms with E-state index in [1.807, 2.05) is 18.2 Å². The van der Waals surface area contributed by atoms with Crippen LogP contribution in [-0.4, -0.2) is 42.4 Å². The van der Waals surface area contributed by atoms with Crippen molar-refractivity contribution in [3.8, 4) is 0 Å². The molecular formula is C20H23N7O3S. The van der Waals surface area contributed by atoms with Crippen molar-refractivity contribution in [1.82, 2.24) is 19.7 Å². The molecule has 162 valence electrons. The molecule has 0 unspecified atom stereocenters. The van der Waals surface area contributed by atoms with Crippen molar-refractivity contribution in [2.45, 2.75) is 18.7 Å². The van der Waals surface area contributed by atoms with Crippen LogP contribution in [0.25, 0.3) is 0 Å². The fourth-order valence-electron chi connectivity index (χ4n) is 2.78. The first-order valence-electron chi connectivity index (χ1n) is 9.45. The summed E-state index contributed by atoms with van der Waals surface area (Å²) in [6, 6.07) is 11.8. The summed E-state index contributed by atoms with van der Waals surface area (Å²) in [5, 5.41) is 8.75. The molecular weight excluding hydrogens is 418 g/mol. The number of aromatic nitrogens is 3. The van der Waals surface area contributed by atoms with Crippen LogP contribution in [0.1, 0.15) is 12.5 Å². The fourth-order valence-corrected chi connectivity index (χ4v) is 4.03. The smallest absolute Gasteiger partial charge is 0.240 e. The maximum atomic E-state index is 12.6. The first kappa shape index (κ1) is 22.1. The van der Waals surface area contributed by atoms with Crippen molar-refractivity contribution in [3.63, 3.8) is 0 Å². The van der Waals surface area contributed by atoms with Gasteiger partial charge in [-0.3, -0.25) is 4.79 Å². The third-order valence-electron chi connectivity index (χ3n) is 4.10. The molecule has 31 heavy (non-hydrogen) atoms. The SMILES string of the molecule is CC(=O)Nc1ccc(S(=O)(=O)NCCNc2cc(Nc3ccccn3)ncn2)c(C)c1. The molecule has 0 aliphatic rings. The van der Waals surface area contributed by atoms with Gasteiger partial charge in [-0.1, -0.05) is 6.07 Å². The maximum Gasteiger partial charge on any atom is 0.240 e. The number of carbonyl (C=O) groups is 1. The molecule has 2 aromatic heterocycles. The summed E-state index contributed by atoms with van der Waals surface area (Å²) in [5.74, 6) is 1.54. The van der Waals surface area contributed by atoms with Gasteiger partial charge in [0.05, 0.1) is 4.90 Å². The predicted octanol–water partition coefficient (Wildman–Crippen LogP) is 2.27. The number of anilines is 4. The minimum atomic E-state index is -3.70. The lowest BCUT2D eigenvalue weighted by atomic mass is 10.2. The number of amides is 1. The molecule has 1 amide bonds. The van der Waals surface area contributed by atoms with Gasteiger partial charge in [0.25, 0.3) is 0 Å². The Labute approximate surface area is 180 Å². The Kier molecular flexibility index (Phi) is 7.11. The Morgan fingerprint density at radius 2 is 1.77 bits per heavy atom. The Bertz CT molecular complexity index is 1150. The molecule has 11 heteroatoms. The van der Waals surface area contributed by atoms with Crippen molar-refractivity contribution in [3.05, 3.63) is 60.6 Å². The second-order valence-corrected chi connectivity index (χ2v) is 8.35. The predicted molar refractivity (Wildman–Crippen MR) is 119 cm³/mol. The molecule has 0 atom stereocenters. The second-order valence-electron chi connectivity index (χ2n) is 6.61. The van der Waals surface area contributed by atoms with Gasteiger partial charge in [-0.2, -0.15) is 0 Å². The zero-order valence-electron chi connectivity index (χ0n) is 17.1. The Hall–Kier alpha value is -3.57. The van der Waals surface area contributed by atoms with Crippen LogP contribution in [0.3, 0.4) is 0 Å². The van der Waals surface area contributed by atoms with E-state index in [2.05, 4.69) is 35.6 Å². The second kappa shape index (κ2) is 9.96. The third kappa shape index (κ3) is 6.46. The van der Waals surface area contributed by atoms with Gasteiger partial charge in [0.1, 0.15) is 23.8 Å². The van der Waals surface area contributed by atoms with Crippen molar-refractivity contribution >= 4 is 39.1 Å². The van der Waals surface area contributed by atoms with E-state index in [-0.39, 0.29) is 17.3 Å². The third-order valence-corrected chi connectivity index (χ3v) is 5.72. The Morgan fingerprint density at radius 3 is 2.48 bits per heavy atom. The number of pyridine rings is 1. The number of sulfonamides is 1. The molecule has 3 rings (SSSR count). The van der Waals surface area contributed by atoms with E-state index in [0.717, 1.165) is 0 Å². The monoisotopic (exact) mass is 441 g/mol. The van der Waals surface area contributed by atoms with Crippen molar-refractivity contribution in [2.75, 3.05) is 29.0 Å². The fraction of sp³-hybridized carbons (Fsp3) is 0.200. The average molecular weight is 442 g/mol. The van der Waals surface area contributed by atoms with Crippen LogP contribution in [0.2, 0.25) is 0 Å². The Balaban J connectivity index is 1.54. The number of aryl methyl sites for hydroxylation is 1. The topological polar surface area (TPSA) is 138 Å². The van der Waals surface area contributed by atoms with E-state index in [1.165, 1.54) is 19.3 Å². The normalized spacial score (nSPS) is 11.0. The van der Waals surface area contributed by atoms with Gasteiger partial charge in [-0.25, -0.2) is 28.1 Å². The molecule has 0 aliphatic carbocycles. The number of benzene rings is 1. The number of nitrogens with zero attached hydrogens (tertiary/aromatic N) is 3. The molecule has 0 aliphatic heterocycles. The number of nitrogens with one attached hydrogen (secondary N) is 4. The molecule has 10 nitrogen and oxygen atoms in total. The first-order chi connectivity index (χ1) is 14.8. The molecule has 0 fully saturated rings. The average Bonchev–Trinajstić information content (AvgIpc) is 2.72. The van der Waals surface area contributed by atoms with Gasteiger partial charge in [-0.05, 0) is 42.8 Å². The minimum absolute atomic E-state index is 0.155. The summed E-state index contributed by atoms with van der Waals surface area (Å²) in [5.41, 5.74) is 1.08. The van der Waals surface area contributed by atoms with E-state index >= 15 is 0 Å². The number of hydrogen-bond acceptors (Lipinski definition) is 8. The van der Waals surface area contributed by atoms with Crippen molar-refractivity contribution < 1.29 is 13.2 Å². The molecule has 2 heterocycles. The van der Waals surface area contributed by atoms with Gasteiger partial charge in [0.2, 0.25) is 15.9 Å². The lowest BCUT2D eigenvalue weighted by Gasteiger charge is -2.12. The van der Waals surface area contributed by atoms with E-state index in [0.29, 0.717) is 35.2 Å². The van der Waals surface area contributed by atoms with E-state index in [9.17, 15) is 13.2 Å². The first-order valence-corrected chi connectivity index (χ1v) is 10.9. The molecule has 0 spiro atoms. The van der Waals surface area contributed by atoms with Gasteiger partial charge in [-0.15, -0.1) is 0 Å². The van der Waals surface area contributed by atoms with Gasteiger partial charge in [0, 0.05) is 38.0 Å². The zero-order valence-corrected chi connectivity index (χ0v) is 17.9. The Morgan fingerprint density at radius 1 is 0.968 bits per heavy atom. The standard InChI is InChI=1S/C20H23N7O3S/c1-14-11-16(26-15(2)28)6-7-17(14)31(29,30)25-10-9-22-19-12-20(24-13-23-19)27-18-5-3-4-8-21-18/h3-8,11-13,25H,9-10H2,1-2H3,(H,26,28)(H2,21,22,23,24,27). The highest BCUT2D eigenvalue weighted by Gasteiger charge is 2.16. The van der Waals surface area contributed by atoms with Crippen LogP contribution in [0.5, 0.6) is 0 Å². The van der Waals surface area contributed by atoms with Crippen LogP contribution in [0, 0.1) is 6.92 Å². The summed E-state index contributed by atoms with van der Waals surface area (Å²) >= 11 is 0. The summed E-state index contributed by atoms with van der Waals surface area (Å²) in [7, 11) is -3.70. The lowest BCUT2D eigenvalue weighted by molar-refractivity contribution is -0.114.